The summed E-state index contributed by atoms with van der Waals surface area (Å²) in [6.07, 6.45) is 0. The maximum atomic E-state index is 13.4. The van der Waals surface area contributed by atoms with Gasteiger partial charge in [0.05, 0.1) is 28.4 Å². The Morgan fingerprint density at radius 3 is 2.62 bits per heavy atom. The van der Waals surface area contributed by atoms with Crippen molar-refractivity contribution in [2.45, 2.75) is 39.8 Å². The summed E-state index contributed by atoms with van der Waals surface area (Å²) in [5.74, 6) is 0.179. The summed E-state index contributed by atoms with van der Waals surface area (Å²) in [6.45, 7) is 7.66. The van der Waals surface area contributed by atoms with Gasteiger partial charge in [0.1, 0.15) is 11.4 Å². The maximum Gasteiger partial charge on any atom is 0.319 e. The largest absolute Gasteiger partial charge is 0.481 e. The quantitative estimate of drug-likeness (QED) is 0.560. The van der Waals surface area contributed by atoms with Gasteiger partial charge in [-0.25, -0.2) is 4.79 Å². The summed E-state index contributed by atoms with van der Waals surface area (Å²) in [4.78, 5) is 38.6. The number of carbonyl (C=O) groups excluding carboxylic acids is 2. The molecule has 2 aliphatic rings. The van der Waals surface area contributed by atoms with Gasteiger partial charge in [0, 0.05) is 23.7 Å². The number of nitrogens with one attached hydrogen (secondary N) is 2. The predicted octanol–water partition coefficient (Wildman–Crippen LogP) is 3.72. The summed E-state index contributed by atoms with van der Waals surface area (Å²) in [5.41, 5.74) is 1.85. The van der Waals surface area contributed by atoms with Crippen molar-refractivity contribution in [2.24, 2.45) is 0 Å². The molecule has 0 saturated heterocycles. The van der Waals surface area contributed by atoms with Crippen molar-refractivity contribution >= 4 is 23.3 Å². The zero-order valence-electron chi connectivity index (χ0n) is 18.3. The fourth-order valence-corrected chi connectivity index (χ4v) is 4.22. The van der Waals surface area contributed by atoms with Crippen LogP contribution in [-0.2, 0) is 6.54 Å². The van der Waals surface area contributed by atoms with Gasteiger partial charge in [-0.1, -0.05) is 18.2 Å². The Hall–Kier alpha value is -3.88. The number of amides is 3. The zero-order chi connectivity index (χ0) is 23.2. The highest BCUT2D eigenvalue weighted by atomic mass is 16.6. The van der Waals surface area contributed by atoms with Crippen LogP contribution in [0.2, 0.25) is 0 Å². The Bertz CT molecular complexity index is 1180. The van der Waals surface area contributed by atoms with E-state index in [0.29, 0.717) is 40.4 Å². The highest BCUT2D eigenvalue weighted by Crippen LogP contribution is 2.47. The van der Waals surface area contributed by atoms with Crippen LogP contribution in [0.15, 0.2) is 42.1 Å². The molecule has 2 aromatic carbocycles. The van der Waals surface area contributed by atoms with Crippen molar-refractivity contribution in [3.63, 3.8) is 0 Å². The van der Waals surface area contributed by atoms with Crippen LogP contribution in [0.3, 0.4) is 0 Å². The highest BCUT2D eigenvalue weighted by Gasteiger charge is 2.43. The van der Waals surface area contributed by atoms with E-state index < -0.39 is 16.6 Å². The molecule has 0 bridgehead atoms. The molecule has 0 fully saturated rings. The van der Waals surface area contributed by atoms with Gasteiger partial charge in [0.2, 0.25) is 0 Å². The molecule has 0 saturated carbocycles. The minimum absolute atomic E-state index is 0.0916. The van der Waals surface area contributed by atoms with Crippen LogP contribution in [0.5, 0.6) is 5.75 Å². The lowest BCUT2D eigenvalue weighted by Crippen LogP contribution is -2.48. The number of nitrogens with zero attached hydrogens (tertiary/aromatic N) is 2. The Morgan fingerprint density at radius 1 is 1.25 bits per heavy atom. The summed E-state index contributed by atoms with van der Waals surface area (Å²) in [6, 6.07) is 9.75. The second-order valence-corrected chi connectivity index (χ2v) is 8.21. The van der Waals surface area contributed by atoms with Crippen LogP contribution < -0.4 is 15.4 Å². The van der Waals surface area contributed by atoms with E-state index in [-0.39, 0.29) is 18.1 Å². The number of urea groups is 1. The molecule has 32 heavy (non-hydrogen) atoms. The van der Waals surface area contributed by atoms with Crippen LogP contribution in [0.25, 0.3) is 5.70 Å². The summed E-state index contributed by atoms with van der Waals surface area (Å²) < 4.78 is 6.17. The number of hydrogen-bond acceptors (Lipinski definition) is 5. The molecule has 0 radical (unpaired) electrons. The summed E-state index contributed by atoms with van der Waals surface area (Å²) in [5, 5.41) is 17.2. The van der Waals surface area contributed by atoms with Crippen molar-refractivity contribution in [1.82, 2.24) is 15.5 Å². The van der Waals surface area contributed by atoms with Crippen LogP contribution in [0.1, 0.15) is 47.8 Å². The molecule has 4 rings (SSSR count). The molecular formula is C23H24N4O5. The number of carbonyl (C=O) groups is 2. The minimum Gasteiger partial charge on any atom is -0.481 e. The van der Waals surface area contributed by atoms with Crippen LogP contribution in [0, 0.1) is 17.0 Å². The van der Waals surface area contributed by atoms with E-state index in [4.69, 9.17) is 4.74 Å². The number of nitro benzene ring substituents is 1. The first kappa shape index (κ1) is 21.4. The number of ether oxygens (including phenoxy) is 1. The number of nitro groups is 1. The third kappa shape index (κ3) is 3.35. The smallest absolute Gasteiger partial charge is 0.319 e. The molecular weight excluding hydrogens is 412 g/mol. The number of fused-ring (bicyclic) bond motifs is 2. The van der Waals surface area contributed by atoms with Crippen LogP contribution >= 0.6 is 0 Å². The van der Waals surface area contributed by atoms with E-state index in [0.717, 1.165) is 5.56 Å². The third-order valence-corrected chi connectivity index (χ3v) is 5.70. The van der Waals surface area contributed by atoms with Crippen molar-refractivity contribution in [1.29, 1.82) is 0 Å². The Kier molecular flexibility index (Phi) is 5.12. The molecule has 0 atom stereocenters. The van der Waals surface area contributed by atoms with Gasteiger partial charge in [-0.05, 0) is 45.4 Å². The van der Waals surface area contributed by atoms with Gasteiger partial charge in [-0.3, -0.25) is 14.9 Å². The first-order valence-electron chi connectivity index (χ1n) is 10.3. The SMILES string of the molecule is CCNC(=O)NC1=C(N2Cc3ccccc3C2=O)c2c(ccc([N+](=O)[O-])c2C)OC1(C)C. The topological polar surface area (TPSA) is 114 Å². The van der Waals surface area contributed by atoms with E-state index in [1.165, 1.54) is 6.07 Å². The predicted molar refractivity (Wildman–Crippen MR) is 118 cm³/mol. The van der Waals surface area contributed by atoms with Crippen molar-refractivity contribution < 1.29 is 19.2 Å². The monoisotopic (exact) mass is 436 g/mol. The molecule has 2 aliphatic heterocycles. The average molecular weight is 436 g/mol. The molecule has 0 spiro atoms. The molecule has 9 nitrogen and oxygen atoms in total. The molecule has 2 aromatic rings. The summed E-state index contributed by atoms with van der Waals surface area (Å²) >= 11 is 0. The van der Waals surface area contributed by atoms with E-state index >= 15 is 0 Å². The first-order valence-corrected chi connectivity index (χ1v) is 10.3. The van der Waals surface area contributed by atoms with Crippen LogP contribution in [-0.4, -0.2) is 33.9 Å². The van der Waals surface area contributed by atoms with Crippen molar-refractivity contribution in [3.8, 4) is 5.75 Å². The van der Waals surface area contributed by atoms with Gasteiger partial charge < -0.3 is 20.3 Å². The average Bonchev–Trinajstić information content (AvgIpc) is 3.05. The summed E-state index contributed by atoms with van der Waals surface area (Å²) in [7, 11) is 0. The molecule has 2 heterocycles. The lowest BCUT2D eigenvalue weighted by atomic mass is 9.91. The van der Waals surface area contributed by atoms with Gasteiger partial charge in [-0.15, -0.1) is 0 Å². The van der Waals surface area contributed by atoms with Gasteiger partial charge >= 0.3 is 6.03 Å². The number of rotatable bonds is 4. The van der Waals surface area contributed by atoms with E-state index in [1.807, 2.05) is 12.1 Å². The minimum atomic E-state index is -1.01. The molecule has 166 valence electrons. The lowest BCUT2D eigenvalue weighted by Gasteiger charge is -2.39. The van der Waals surface area contributed by atoms with Crippen molar-refractivity contribution in [2.75, 3.05) is 6.54 Å². The second-order valence-electron chi connectivity index (χ2n) is 8.21. The van der Waals surface area contributed by atoms with Gasteiger partial charge in [-0.2, -0.15) is 0 Å². The maximum absolute atomic E-state index is 13.4. The third-order valence-electron chi connectivity index (χ3n) is 5.70. The van der Waals surface area contributed by atoms with Crippen LogP contribution in [0.4, 0.5) is 10.5 Å². The van der Waals surface area contributed by atoms with E-state index in [1.54, 1.807) is 50.8 Å². The van der Waals surface area contributed by atoms with E-state index in [9.17, 15) is 19.7 Å². The highest BCUT2D eigenvalue weighted by molar-refractivity contribution is 6.05. The molecule has 3 amide bonds. The first-order chi connectivity index (χ1) is 15.2. The fraction of sp³-hybridized carbons (Fsp3) is 0.304. The number of hydrogen-bond donors (Lipinski definition) is 2. The number of benzene rings is 2. The zero-order valence-corrected chi connectivity index (χ0v) is 18.3. The Balaban J connectivity index is 1.98. The second kappa shape index (κ2) is 7.67. The standard InChI is InChI=1S/C23H24N4O5/c1-5-24-22(29)25-20-19(26-12-14-8-6-7-9-15(14)21(26)28)18-13(2)16(27(30)31)10-11-17(18)32-23(20,3)4/h6-11H,5,12H2,1-4H3,(H2,24,25,29). The fourth-order valence-electron chi connectivity index (χ4n) is 4.22. The van der Waals surface area contributed by atoms with E-state index in [2.05, 4.69) is 10.6 Å². The molecule has 0 unspecified atom stereocenters. The molecule has 9 heteroatoms. The Labute approximate surface area is 185 Å². The van der Waals surface area contributed by atoms with Gasteiger partial charge in [0.25, 0.3) is 11.6 Å². The normalized spacial score (nSPS) is 16.2. The Morgan fingerprint density at radius 2 is 1.97 bits per heavy atom. The van der Waals surface area contributed by atoms with Crippen molar-refractivity contribution in [3.05, 3.63) is 74.5 Å². The molecule has 0 aromatic heterocycles. The van der Waals surface area contributed by atoms with Gasteiger partial charge in [0.15, 0.2) is 0 Å². The molecule has 0 aliphatic carbocycles. The molecule has 2 N–H and O–H groups in total. The lowest BCUT2D eigenvalue weighted by molar-refractivity contribution is -0.385.